The molecular weight excluding hydrogens is 470 g/mol. The molecule has 5 heteroatoms. The van der Waals surface area contributed by atoms with Gasteiger partial charge < -0.3 is 10.2 Å². The first-order valence-corrected chi connectivity index (χ1v) is 12.6. The normalized spacial score (nSPS) is 12.2. The molecule has 0 bridgehead atoms. The fraction of sp³-hybridized carbons (Fsp3) is 0.0606. The summed E-state index contributed by atoms with van der Waals surface area (Å²) in [5, 5.41) is 2.96. The minimum Gasteiger partial charge on any atom is -0.322 e. The van der Waals surface area contributed by atoms with E-state index in [1.54, 1.807) is 36.5 Å². The Labute approximate surface area is 221 Å². The van der Waals surface area contributed by atoms with Crippen molar-refractivity contribution < 1.29 is 9.59 Å². The molecule has 2 heterocycles. The lowest BCUT2D eigenvalue weighted by molar-refractivity contribution is 0.0984. The number of nitrogens with zero attached hydrogens (tertiary/aromatic N) is 2. The molecule has 4 aromatic carbocycles. The molecule has 2 amide bonds. The number of pyridine rings is 1. The van der Waals surface area contributed by atoms with Gasteiger partial charge >= 0.3 is 0 Å². The van der Waals surface area contributed by atoms with Gasteiger partial charge in [-0.1, -0.05) is 66.7 Å². The first-order valence-electron chi connectivity index (χ1n) is 12.6. The van der Waals surface area contributed by atoms with Crippen molar-refractivity contribution in [3.05, 3.63) is 149 Å². The Morgan fingerprint density at radius 1 is 0.684 bits per heavy atom. The van der Waals surface area contributed by atoms with Crippen LogP contribution in [0.1, 0.15) is 37.4 Å². The van der Waals surface area contributed by atoms with Gasteiger partial charge in [-0.15, -0.1) is 0 Å². The lowest BCUT2D eigenvalue weighted by Crippen LogP contribution is -2.30. The molecule has 0 spiro atoms. The second-order valence-corrected chi connectivity index (χ2v) is 9.26. The van der Waals surface area contributed by atoms with Crippen molar-refractivity contribution in [3.8, 4) is 11.3 Å². The Bertz CT molecular complexity index is 1630. The summed E-state index contributed by atoms with van der Waals surface area (Å²) < 4.78 is 0. The van der Waals surface area contributed by atoms with Crippen LogP contribution in [0.25, 0.3) is 11.3 Å². The maximum Gasteiger partial charge on any atom is 0.258 e. The van der Waals surface area contributed by atoms with Crippen LogP contribution >= 0.6 is 0 Å². The van der Waals surface area contributed by atoms with Crippen LogP contribution in [0.5, 0.6) is 0 Å². The second kappa shape index (κ2) is 10.1. The molecule has 184 valence electrons. The van der Waals surface area contributed by atoms with Gasteiger partial charge in [-0.05, 0) is 71.6 Å². The summed E-state index contributed by atoms with van der Waals surface area (Å²) in [6.45, 7) is 0.509. The number of para-hydroxylation sites is 1. The SMILES string of the molecule is O=C(Nc1ccc(C(=O)N2Cc3ccccc3Cc3ccccc32)cc1)c1ccccc1-c1ccccn1. The predicted molar refractivity (Wildman–Crippen MR) is 150 cm³/mol. The van der Waals surface area contributed by atoms with Crippen molar-refractivity contribution in [2.75, 3.05) is 10.2 Å². The lowest BCUT2D eigenvalue weighted by Gasteiger charge is -2.23. The summed E-state index contributed by atoms with van der Waals surface area (Å²) in [4.78, 5) is 33.1. The van der Waals surface area contributed by atoms with E-state index in [1.807, 2.05) is 71.6 Å². The summed E-state index contributed by atoms with van der Waals surface area (Å²) in [6.07, 6.45) is 2.50. The zero-order valence-electron chi connectivity index (χ0n) is 20.7. The van der Waals surface area contributed by atoms with E-state index in [0.717, 1.165) is 34.5 Å². The number of hydrogen-bond acceptors (Lipinski definition) is 3. The summed E-state index contributed by atoms with van der Waals surface area (Å²) >= 11 is 0. The van der Waals surface area contributed by atoms with Gasteiger partial charge in [0.2, 0.25) is 0 Å². The van der Waals surface area contributed by atoms with Crippen LogP contribution in [0.3, 0.4) is 0 Å². The van der Waals surface area contributed by atoms with Crippen molar-refractivity contribution in [1.29, 1.82) is 0 Å². The van der Waals surface area contributed by atoms with E-state index in [2.05, 4.69) is 28.5 Å². The number of anilines is 2. The number of nitrogens with one attached hydrogen (secondary N) is 1. The number of carbonyl (C=O) groups excluding carboxylic acids is 2. The van der Waals surface area contributed by atoms with Crippen LogP contribution in [-0.2, 0) is 13.0 Å². The Balaban J connectivity index is 1.24. The molecule has 0 saturated heterocycles. The largest absolute Gasteiger partial charge is 0.322 e. The number of amides is 2. The quantitative estimate of drug-likeness (QED) is 0.300. The van der Waals surface area contributed by atoms with Crippen molar-refractivity contribution in [2.24, 2.45) is 0 Å². The van der Waals surface area contributed by atoms with Crippen LogP contribution in [-0.4, -0.2) is 16.8 Å². The zero-order valence-corrected chi connectivity index (χ0v) is 20.7. The lowest BCUT2D eigenvalue weighted by atomic mass is 10.0. The highest BCUT2D eigenvalue weighted by Crippen LogP contribution is 2.32. The first kappa shape index (κ1) is 23.4. The maximum absolute atomic E-state index is 13.7. The van der Waals surface area contributed by atoms with E-state index in [0.29, 0.717) is 23.4 Å². The van der Waals surface area contributed by atoms with Gasteiger partial charge in [0, 0.05) is 34.3 Å². The van der Waals surface area contributed by atoms with Crippen LogP contribution in [0.15, 0.2) is 121 Å². The van der Waals surface area contributed by atoms with E-state index in [4.69, 9.17) is 0 Å². The van der Waals surface area contributed by atoms with Crippen LogP contribution in [0.4, 0.5) is 11.4 Å². The van der Waals surface area contributed by atoms with E-state index >= 15 is 0 Å². The third-order valence-corrected chi connectivity index (χ3v) is 6.86. The molecule has 1 aliphatic rings. The standard InChI is InChI=1S/C33H25N3O2/c37-32(29-13-5-4-12-28(29)30-14-7-8-20-34-30)35-27-18-16-23(17-19-27)33(38)36-22-26-11-2-1-9-24(26)21-25-10-3-6-15-31(25)36/h1-20H,21-22H2,(H,35,37). The molecule has 0 fully saturated rings. The molecule has 38 heavy (non-hydrogen) atoms. The average molecular weight is 496 g/mol. The molecule has 0 unspecified atom stereocenters. The summed E-state index contributed by atoms with van der Waals surface area (Å²) in [5.41, 5.74) is 7.64. The maximum atomic E-state index is 13.7. The molecule has 6 rings (SSSR count). The molecule has 1 aromatic heterocycles. The van der Waals surface area contributed by atoms with E-state index in [9.17, 15) is 9.59 Å². The van der Waals surface area contributed by atoms with Gasteiger partial charge in [-0.25, -0.2) is 0 Å². The topological polar surface area (TPSA) is 62.3 Å². The molecule has 5 nitrogen and oxygen atoms in total. The Morgan fingerprint density at radius 3 is 2.16 bits per heavy atom. The molecule has 0 saturated carbocycles. The molecule has 0 radical (unpaired) electrons. The fourth-order valence-corrected chi connectivity index (χ4v) is 4.93. The summed E-state index contributed by atoms with van der Waals surface area (Å²) in [6, 6.07) is 36.4. The monoisotopic (exact) mass is 495 g/mol. The third kappa shape index (κ3) is 4.58. The average Bonchev–Trinajstić information content (AvgIpc) is 3.14. The Hall–Kier alpha value is -5.03. The molecule has 0 aliphatic carbocycles. The number of hydrogen-bond donors (Lipinski definition) is 1. The summed E-state index contributed by atoms with van der Waals surface area (Å²) in [7, 11) is 0. The van der Waals surface area contributed by atoms with Crippen molar-refractivity contribution in [2.45, 2.75) is 13.0 Å². The van der Waals surface area contributed by atoms with Gasteiger partial charge in [-0.2, -0.15) is 0 Å². The minimum absolute atomic E-state index is 0.0764. The van der Waals surface area contributed by atoms with E-state index in [-0.39, 0.29) is 11.8 Å². The van der Waals surface area contributed by atoms with Crippen molar-refractivity contribution in [3.63, 3.8) is 0 Å². The number of benzene rings is 4. The highest BCUT2D eigenvalue weighted by atomic mass is 16.2. The summed E-state index contributed by atoms with van der Waals surface area (Å²) in [5.74, 6) is -0.309. The minimum atomic E-state index is -0.233. The number of aromatic nitrogens is 1. The van der Waals surface area contributed by atoms with Gasteiger partial charge in [0.1, 0.15) is 0 Å². The van der Waals surface area contributed by atoms with Gasteiger partial charge in [0.25, 0.3) is 11.8 Å². The van der Waals surface area contributed by atoms with E-state index in [1.165, 1.54) is 5.56 Å². The van der Waals surface area contributed by atoms with Crippen LogP contribution < -0.4 is 10.2 Å². The highest BCUT2D eigenvalue weighted by molar-refractivity contribution is 6.09. The molecule has 5 aromatic rings. The van der Waals surface area contributed by atoms with Gasteiger partial charge in [-0.3, -0.25) is 14.6 Å². The number of fused-ring (bicyclic) bond motifs is 2. The van der Waals surface area contributed by atoms with Crippen LogP contribution in [0.2, 0.25) is 0 Å². The Morgan fingerprint density at radius 2 is 1.37 bits per heavy atom. The zero-order chi connectivity index (χ0) is 25.9. The second-order valence-electron chi connectivity index (χ2n) is 9.26. The number of carbonyl (C=O) groups is 2. The smallest absolute Gasteiger partial charge is 0.258 e. The van der Waals surface area contributed by atoms with Crippen molar-refractivity contribution in [1.82, 2.24) is 4.98 Å². The Kier molecular flexibility index (Phi) is 6.24. The van der Waals surface area contributed by atoms with Crippen molar-refractivity contribution >= 4 is 23.2 Å². The first-order chi connectivity index (χ1) is 18.7. The molecule has 0 atom stereocenters. The van der Waals surface area contributed by atoms with Gasteiger partial charge in [0.15, 0.2) is 0 Å². The fourth-order valence-electron chi connectivity index (χ4n) is 4.93. The predicted octanol–water partition coefficient (Wildman–Crippen LogP) is 6.75. The third-order valence-electron chi connectivity index (χ3n) is 6.86. The molecule has 1 aliphatic heterocycles. The van der Waals surface area contributed by atoms with Gasteiger partial charge in [0.05, 0.1) is 12.2 Å². The highest BCUT2D eigenvalue weighted by Gasteiger charge is 2.24. The van der Waals surface area contributed by atoms with E-state index < -0.39 is 0 Å². The van der Waals surface area contributed by atoms with Crippen LogP contribution in [0, 0.1) is 0 Å². The number of rotatable bonds is 4. The molecule has 1 N–H and O–H groups in total. The molecular formula is C33H25N3O2.